The smallest absolute Gasteiger partial charge is 0.303 e. The van der Waals surface area contributed by atoms with E-state index in [9.17, 15) is 14.4 Å². The van der Waals surface area contributed by atoms with Crippen LogP contribution in [0, 0.1) is 0 Å². The summed E-state index contributed by atoms with van der Waals surface area (Å²) in [6.45, 7) is 5.27. The molecule has 0 spiro atoms. The van der Waals surface area contributed by atoms with Gasteiger partial charge in [-0.15, -0.1) is 0 Å². The summed E-state index contributed by atoms with van der Waals surface area (Å²) < 4.78 is 26.0. The predicted octanol–water partition coefficient (Wildman–Crippen LogP) is 0.173. The normalized spacial score (nSPS) is 32.1. The van der Waals surface area contributed by atoms with E-state index in [0.717, 1.165) is 0 Å². The SMILES string of the molecule is COC1OC(C)[C@@H](OC(C)=O)C(OC(C)=O)C1OC(C)=O. The van der Waals surface area contributed by atoms with Gasteiger partial charge in [-0.2, -0.15) is 0 Å². The first-order valence-electron chi connectivity index (χ1n) is 6.46. The van der Waals surface area contributed by atoms with E-state index in [2.05, 4.69) is 0 Å². The molecule has 1 aliphatic rings. The van der Waals surface area contributed by atoms with Gasteiger partial charge in [0.25, 0.3) is 0 Å². The summed E-state index contributed by atoms with van der Waals surface area (Å²) >= 11 is 0. The van der Waals surface area contributed by atoms with Crippen molar-refractivity contribution < 1.29 is 38.1 Å². The first-order chi connectivity index (χ1) is 9.76. The van der Waals surface area contributed by atoms with Crippen LogP contribution in [0.1, 0.15) is 27.7 Å². The van der Waals surface area contributed by atoms with Crippen LogP contribution in [0.2, 0.25) is 0 Å². The molecule has 0 N–H and O–H groups in total. The third kappa shape index (κ3) is 4.68. The van der Waals surface area contributed by atoms with Crippen LogP contribution in [0.4, 0.5) is 0 Å². The monoisotopic (exact) mass is 304 g/mol. The van der Waals surface area contributed by atoms with Crippen LogP contribution in [-0.2, 0) is 38.1 Å². The molecule has 5 atom stereocenters. The van der Waals surface area contributed by atoms with Crippen molar-refractivity contribution in [2.45, 2.75) is 58.4 Å². The molecule has 1 rings (SSSR count). The Morgan fingerprint density at radius 1 is 0.810 bits per heavy atom. The second kappa shape index (κ2) is 7.37. The van der Waals surface area contributed by atoms with Crippen LogP contribution < -0.4 is 0 Å². The highest BCUT2D eigenvalue weighted by Gasteiger charge is 2.50. The third-order valence-electron chi connectivity index (χ3n) is 2.87. The summed E-state index contributed by atoms with van der Waals surface area (Å²) in [5, 5.41) is 0. The average Bonchev–Trinajstić information content (AvgIpc) is 2.35. The molecule has 0 bridgehead atoms. The molecule has 0 aromatic rings. The zero-order chi connectivity index (χ0) is 16.2. The molecular formula is C13H20O8. The van der Waals surface area contributed by atoms with Gasteiger partial charge in [-0.3, -0.25) is 14.4 Å². The maximum atomic E-state index is 11.3. The van der Waals surface area contributed by atoms with E-state index < -0.39 is 48.6 Å². The lowest BCUT2D eigenvalue weighted by Crippen LogP contribution is -2.60. The number of hydrogen-bond donors (Lipinski definition) is 0. The van der Waals surface area contributed by atoms with E-state index in [4.69, 9.17) is 23.7 Å². The zero-order valence-corrected chi connectivity index (χ0v) is 12.7. The molecule has 4 unspecified atom stereocenters. The maximum Gasteiger partial charge on any atom is 0.303 e. The minimum absolute atomic E-state index is 0.565. The number of methoxy groups -OCH3 is 1. The van der Waals surface area contributed by atoms with Gasteiger partial charge in [0.2, 0.25) is 0 Å². The molecule has 0 aromatic heterocycles. The topological polar surface area (TPSA) is 97.4 Å². The highest BCUT2D eigenvalue weighted by molar-refractivity contribution is 5.68. The van der Waals surface area contributed by atoms with Crippen LogP contribution in [-0.4, -0.2) is 55.7 Å². The minimum Gasteiger partial charge on any atom is -0.456 e. The zero-order valence-electron chi connectivity index (χ0n) is 12.7. The van der Waals surface area contributed by atoms with Crippen molar-refractivity contribution >= 4 is 17.9 Å². The highest BCUT2D eigenvalue weighted by Crippen LogP contribution is 2.28. The van der Waals surface area contributed by atoms with Gasteiger partial charge in [0, 0.05) is 27.9 Å². The summed E-state index contributed by atoms with van der Waals surface area (Å²) in [7, 11) is 1.37. The van der Waals surface area contributed by atoms with Crippen molar-refractivity contribution in [3.8, 4) is 0 Å². The maximum absolute atomic E-state index is 11.3. The van der Waals surface area contributed by atoms with Crippen molar-refractivity contribution in [3.05, 3.63) is 0 Å². The van der Waals surface area contributed by atoms with Crippen LogP contribution >= 0.6 is 0 Å². The molecule has 120 valence electrons. The van der Waals surface area contributed by atoms with Crippen molar-refractivity contribution in [2.75, 3.05) is 7.11 Å². The first kappa shape index (κ1) is 17.4. The summed E-state index contributed by atoms with van der Waals surface area (Å²) in [5.74, 6) is -1.76. The Kier molecular flexibility index (Phi) is 6.10. The van der Waals surface area contributed by atoms with Gasteiger partial charge in [0.05, 0.1) is 6.10 Å². The van der Waals surface area contributed by atoms with Gasteiger partial charge in [-0.05, 0) is 6.92 Å². The second-order valence-corrected chi connectivity index (χ2v) is 4.67. The highest BCUT2D eigenvalue weighted by atomic mass is 16.7. The van der Waals surface area contributed by atoms with Gasteiger partial charge in [-0.25, -0.2) is 0 Å². The molecular weight excluding hydrogens is 284 g/mol. The standard InChI is InChI=1S/C13H20O8/c1-6-10(19-7(2)14)11(20-8(3)15)12(21-9(4)16)13(17-5)18-6/h6,10-13H,1-5H3/t6?,10-,11?,12?,13?/m1/s1. The number of esters is 3. The first-order valence-corrected chi connectivity index (χ1v) is 6.46. The molecule has 1 aliphatic heterocycles. The molecule has 8 nitrogen and oxygen atoms in total. The molecule has 21 heavy (non-hydrogen) atoms. The van der Waals surface area contributed by atoms with E-state index >= 15 is 0 Å². The van der Waals surface area contributed by atoms with Gasteiger partial charge < -0.3 is 23.7 Å². The Hall–Kier alpha value is -1.67. The second-order valence-electron chi connectivity index (χ2n) is 4.67. The quantitative estimate of drug-likeness (QED) is 0.535. The predicted molar refractivity (Wildman–Crippen MR) is 68.0 cm³/mol. The van der Waals surface area contributed by atoms with Crippen LogP contribution in [0.25, 0.3) is 0 Å². The summed E-state index contributed by atoms with van der Waals surface area (Å²) in [6.07, 6.45) is -4.47. The Labute approximate surface area is 122 Å². The summed E-state index contributed by atoms with van der Waals surface area (Å²) in [5.41, 5.74) is 0. The van der Waals surface area contributed by atoms with Crippen molar-refractivity contribution in [1.82, 2.24) is 0 Å². The third-order valence-corrected chi connectivity index (χ3v) is 2.87. The fourth-order valence-electron chi connectivity index (χ4n) is 2.16. The van der Waals surface area contributed by atoms with Gasteiger partial charge >= 0.3 is 17.9 Å². The lowest BCUT2D eigenvalue weighted by molar-refractivity contribution is -0.294. The van der Waals surface area contributed by atoms with Crippen LogP contribution in [0.5, 0.6) is 0 Å². The van der Waals surface area contributed by atoms with Crippen molar-refractivity contribution in [1.29, 1.82) is 0 Å². The fraction of sp³-hybridized carbons (Fsp3) is 0.769. The molecule has 0 amide bonds. The molecule has 0 aromatic carbocycles. The van der Waals surface area contributed by atoms with E-state index in [1.54, 1.807) is 6.92 Å². The molecule has 0 radical (unpaired) electrons. The summed E-state index contributed by atoms with van der Waals surface area (Å²) in [4.78, 5) is 33.7. The largest absolute Gasteiger partial charge is 0.456 e. The number of carbonyl (C=O) groups excluding carboxylic acids is 3. The van der Waals surface area contributed by atoms with Crippen LogP contribution in [0.15, 0.2) is 0 Å². The van der Waals surface area contributed by atoms with E-state index in [-0.39, 0.29) is 0 Å². The van der Waals surface area contributed by atoms with Gasteiger partial charge in [-0.1, -0.05) is 0 Å². The van der Waals surface area contributed by atoms with Gasteiger partial charge in [0.15, 0.2) is 24.6 Å². The van der Waals surface area contributed by atoms with E-state index in [1.165, 1.54) is 27.9 Å². The lowest BCUT2D eigenvalue weighted by Gasteiger charge is -2.42. The molecule has 1 saturated heterocycles. The van der Waals surface area contributed by atoms with E-state index in [1.807, 2.05) is 0 Å². The average molecular weight is 304 g/mol. The number of rotatable bonds is 4. The number of hydrogen-bond acceptors (Lipinski definition) is 8. The number of ether oxygens (including phenoxy) is 5. The van der Waals surface area contributed by atoms with Crippen LogP contribution in [0.3, 0.4) is 0 Å². The number of carbonyl (C=O) groups is 3. The minimum atomic E-state index is -1.03. The summed E-state index contributed by atoms with van der Waals surface area (Å²) in [6, 6.07) is 0. The molecule has 0 aliphatic carbocycles. The lowest BCUT2D eigenvalue weighted by atomic mass is 9.99. The Morgan fingerprint density at radius 2 is 1.24 bits per heavy atom. The van der Waals surface area contributed by atoms with Crippen molar-refractivity contribution in [3.63, 3.8) is 0 Å². The Balaban J connectivity index is 3.08. The van der Waals surface area contributed by atoms with E-state index in [0.29, 0.717) is 0 Å². The molecule has 8 heteroatoms. The molecule has 1 heterocycles. The van der Waals surface area contributed by atoms with Crippen molar-refractivity contribution in [2.24, 2.45) is 0 Å². The Bertz CT molecular complexity index is 407. The fourth-order valence-corrected chi connectivity index (χ4v) is 2.16. The Morgan fingerprint density at radius 3 is 1.67 bits per heavy atom. The molecule has 0 saturated carbocycles. The van der Waals surface area contributed by atoms with Gasteiger partial charge in [0.1, 0.15) is 0 Å². The molecule has 1 fully saturated rings.